The van der Waals surface area contributed by atoms with Crippen LogP contribution in [0.5, 0.6) is 0 Å². The summed E-state index contributed by atoms with van der Waals surface area (Å²) >= 11 is 0. The zero-order valence-electron chi connectivity index (χ0n) is 10.9. The van der Waals surface area contributed by atoms with E-state index >= 15 is 0 Å². The molecule has 0 amide bonds. The number of carboxylic acids is 1. The van der Waals surface area contributed by atoms with Gasteiger partial charge in [0.15, 0.2) is 0 Å². The Labute approximate surface area is 111 Å². The Bertz CT molecular complexity index is 491. The van der Waals surface area contributed by atoms with Crippen molar-refractivity contribution >= 4 is 17.3 Å². The van der Waals surface area contributed by atoms with Crippen LogP contribution < -0.4 is 11.1 Å². The van der Waals surface area contributed by atoms with Gasteiger partial charge in [-0.05, 0) is 30.4 Å². The molecule has 1 saturated carbocycles. The molecule has 1 aromatic carbocycles. The Balaban J connectivity index is 2.16. The minimum absolute atomic E-state index is 0.175. The largest absolute Gasteiger partial charge is 0.478 e. The third-order valence-corrected chi connectivity index (χ3v) is 4.00. The first-order valence-corrected chi connectivity index (χ1v) is 6.56. The maximum Gasteiger partial charge on any atom is 0.340 e. The number of hydrogen-bond acceptors (Lipinski definition) is 3. The highest BCUT2D eigenvalue weighted by Crippen LogP contribution is 2.32. The number of halogens is 1. The van der Waals surface area contributed by atoms with Gasteiger partial charge >= 0.3 is 5.97 Å². The monoisotopic (exact) mass is 266 g/mol. The van der Waals surface area contributed by atoms with Crippen molar-refractivity contribution in [3.63, 3.8) is 0 Å². The summed E-state index contributed by atoms with van der Waals surface area (Å²) in [6.07, 6.45) is 3.57. The van der Waals surface area contributed by atoms with Gasteiger partial charge in [0.05, 0.1) is 11.4 Å². The molecule has 1 aromatic rings. The molecule has 104 valence electrons. The van der Waals surface area contributed by atoms with Crippen molar-refractivity contribution in [1.82, 2.24) is 0 Å². The molecule has 19 heavy (non-hydrogen) atoms. The molecule has 2 rings (SSSR count). The second kappa shape index (κ2) is 5.47. The predicted octanol–water partition coefficient (Wildman–Crippen LogP) is 2.95. The minimum Gasteiger partial charge on any atom is -0.478 e. The molecule has 0 spiro atoms. The van der Waals surface area contributed by atoms with E-state index in [4.69, 9.17) is 10.8 Å². The maximum absolute atomic E-state index is 13.3. The molecule has 0 aliphatic heterocycles. The van der Waals surface area contributed by atoms with Gasteiger partial charge in [-0.25, -0.2) is 9.18 Å². The van der Waals surface area contributed by atoms with Gasteiger partial charge in [0, 0.05) is 6.54 Å². The number of benzene rings is 1. The number of anilines is 2. The zero-order chi connectivity index (χ0) is 14.0. The number of carboxylic acid groups (broad SMARTS) is 1. The zero-order valence-corrected chi connectivity index (χ0v) is 10.9. The Morgan fingerprint density at radius 2 is 2.26 bits per heavy atom. The molecule has 1 aliphatic rings. The molecule has 0 radical (unpaired) electrons. The van der Waals surface area contributed by atoms with Gasteiger partial charge in [0.2, 0.25) is 0 Å². The summed E-state index contributed by atoms with van der Waals surface area (Å²) in [6.45, 7) is 2.91. The van der Waals surface area contributed by atoms with Crippen LogP contribution in [0.2, 0.25) is 0 Å². The Morgan fingerprint density at radius 1 is 1.53 bits per heavy atom. The minimum atomic E-state index is -1.21. The van der Waals surface area contributed by atoms with Crippen molar-refractivity contribution in [2.75, 3.05) is 17.6 Å². The molecule has 2 atom stereocenters. The lowest BCUT2D eigenvalue weighted by Crippen LogP contribution is -2.18. The molecular formula is C14H19FN2O2. The summed E-state index contributed by atoms with van der Waals surface area (Å²) < 4.78 is 13.3. The van der Waals surface area contributed by atoms with Crippen molar-refractivity contribution in [1.29, 1.82) is 0 Å². The summed E-state index contributed by atoms with van der Waals surface area (Å²) in [7, 11) is 0. The summed E-state index contributed by atoms with van der Waals surface area (Å²) in [6, 6.07) is 2.64. The van der Waals surface area contributed by atoms with E-state index in [1.807, 2.05) is 0 Å². The van der Waals surface area contributed by atoms with E-state index in [1.165, 1.54) is 25.0 Å². The maximum atomic E-state index is 13.3. The van der Waals surface area contributed by atoms with Crippen LogP contribution in [0.1, 0.15) is 36.5 Å². The van der Waals surface area contributed by atoms with Crippen LogP contribution in [0.4, 0.5) is 15.8 Å². The van der Waals surface area contributed by atoms with Crippen molar-refractivity contribution in [2.24, 2.45) is 11.8 Å². The second-order valence-electron chi connectivity index (χ2n) is 5.24. The Kier molecular flexibility index (Phi) is 3.93. The summed E-state index contributed by atoms with van der Waals surface area (Å²) in [5, 5.41) is 12.2. The van der Waals surface area contributed by atoms with Crippen molar-refractivity contribution in [2.45, 2.75) is 26.2 Å². The van der Waals surface area contributed by atoms with Gasteiger partial charge in [-0.2, -0.15) is 0 Å². The molecule has 0 saturated heterocycles. The highest BCUT2D eigenvalue weighted by molar-refractivity contribution is 6.00. The molecule has 4 nitrogen and oxygen atoms in total. The fraction of sp³-hybridized carbons (Fsp3) is 0.500. The third-order valence-electron chi connectivity index (χ3n) is 4.00. The van der Waals surface area contributed by atoms with Crippen LogP contribution in [0.25, 0.3) is 0 Å². The highest BCUT2D eigenvalue weighted by Gasteiger charge is 2.24. The lowest BCUT2D eigenvalue weighted by molar-refractivity contribution is 0.0698. The molecule has 1 fully saturated rings. The van der Waals surface area contributed by atoms with E-state index in [2.05, 4.69) is 12.2 Å². The van der Waals surface area contributed by atoms with Crippen LogP contribution in [0.3, 0.4) is 0 Å². The van der Waals surface area contributed by atoms with Gasteiger partial charge in [-0.1, -0.05) is 19.8 Å². The Morgan fingerprint density at radius 3 is 2.84 bits per heavy atom. The van der Waals surface area contributed by atoms with Crippen LogP contribution in [0, 0.1) is 17.7 Å². The fourth-order valence-electron chi connectivity index (χ4n) is 2.74. The lowest BCUT2D eigenvalue weighted by Gasteiger charge is -2.18. The van der Waals surface area contributed by atoms with E-state index < -0.39 is 11.8 Å². The van der Waals surface area contributed by atoms with E-state index in [9.17, 15) is 9.18 Å². The van der Waals surface area contributed by atoms with Crippen LogP contribution in [-0.4, -0.2) is 17.6 Å². The predicted molar refractivity (Wildman–Crippen MR) is 72.8 cm³/mol. The topological polar surface area (TPSA) is 75.3 Å². The summed E-state index contributed by atoms with van der Waals surface area (Å²) in [4.78, 5) is 11.2. The molecule has 0 heterocycles. The number of hydrogen-bond donors (Lipinski definition) is 3. The van der Waals surface area contributed by atoms with E-state index in [1.54, 1.807) is 0 Å². The molecule has 4 N–H and O–H groups in total. The number of nitrogen functional groups attached to an aromatic ring is 1. The van der Waals surface area contributed by atoms with Crippen LogP contribution in [0.15, 0.2) is 12.1 Å². The first-order chi connectivity index (χ1) is 9.00. The van der Waals surface area contributed by atoms with Gasteiger partial charge in [0.25, 0.3) is 0 Å². The molecule has 0 bridgehead atoms. The number of nitrogens with one attached hydrogen (secondary N) is 1. The second-order valence-corrected chi connectivity index (χ2v) is 5.24. The average Bonchev–Trinajstić information content (AvgIpc) is 2.76. The highest BCUT2D eigenvalue weighted by atomic mass is 19.1. The summed E-state index contributed by atoms with van der Waals surface area (Å²) in [5.74, 6) is -0.734. The van der Waals surface area contributed by atoms with Crippen LogP contribution in [-0.2, 0) is 0 Å². The molecule has 0 aromatic heterocycles. The first-order valence-electron chi connectivity index (χ1n) is 6.56. The number of carbonyl (C=O) groups is 1. The first kappa shape index (κ1) is 13.6. The normalized spacial score (nSPS) is 22.4. The number of aromatic carboxylic acids is 1. The van der Waals surface area contributed by atoms with Crippen molar-refractivity contribution in [3.8, 4) is 0 Å². The molecule has 2 unspecified atom stereocenters. The van der Waals surface area contributed by atoms with E-state index in [-0.39, 0.29) is 11.3 Å². The number of nitrogens with two attached hydrogens (primary N) is 1. The van der Waals surface area contributed by atoms with Gasteiger partial charge < -0.3 is 16.2 Å². The molecule has 5 heteroatoms. The molecular weight excluding hydrogens is 247 g/mol. The van der Waals surface area contributed by atoms with Gasteiger partial charge in [-0.3, -0.25) is 0 Å². The van der Waals surface area contributed by atoms with Gasteiger partial charge in [-0.15, -0.1) is 0 Å². The van der Waals surface area contributed by atoms with Gasteiger partial charge in [0.1, 0.15) is 11.4 Å². The van der Waals surface area contributed by atoms with Crippen LogP contribution >= 0.6 is 0 Å². The van der Waals surface area contributed by atoms with Crippen molar-refractivity contribution < 1.29 is 14.3 Å². The third kappa shape index (κ3) is 2.80. The van der Waals surface area contributed by atoms with E-state index in [0.29, 0.717) is 24.1 Å². The SMILES string of the molecule is CC1CCCC1CNc1ccc(F)c(N)c1C(=O)O. The average molecular weight is 266 g/mol. The quantitative estimate of drug-likeness (QED) is 0.732. The Hall–Kier alpha value is -1.78. The smallest absolute Gasteiger partial charge is 0.340 e. The number of rotatable bonds is 4. The fourth-order valence-corrected chi connectivity index (χ4v) is 2.74. The van der Waals surface area contributed by atoms with Crippen molar-refractivity contribution in [3.05, 3.63) is 23.5 Å². The summed E-state index contributed by atoms with van der Waals surface area (Å²) in [5.41, 5.74) is 5.41. The standard InChI is InChI=1S/C14H19FN2O2/c1-8-3-2-4-9(8)7-17-11-6-5-10(15)13(16)12(11)14(18)19/h5-6,8-9,17H,2-4,7,16H2,1H3,(H,18,19). The molecule has 1 aliphatic carbocycles. The lowest BCUT2D eigenvalue weighted by atomic mass is 9.98. The van der Waals surface area contributed by atoms with E-state index in [0.717, 1.165) is 6.42 Å².